The van der Waals surface area contributed by atoms with Crippen LogP contribution in [0, 0.1) is 0 Å². The average molecular weight is 221 g/mol. The number of halogens is 1. The van der Waals surface area contributed by atoms with Crippen molar-refractivity contribution in [1.82, 2.24) is 0 Å². The van der Waals surface area contributed by atoms with Crippen LogP contribution in [0.15, 0.2) is 36.4 Å². The quantitative estimate of drug-likeness (QED) is 0.844. The van der Waals surface area contributed by atoms with Crippen molar-refractivity contribution in [2.45, 2.75) is 6.42 Å². The Morgan fingerprint density at radius 3 is 2.53 bits per heavy atom. The van der Waals surface area contributed by atoms with Gasteiger partial charge in [0.15, 0.2) is 0 Å². The third-order valence-corrected chi connectivity index (χ3v) is 2.46. The van der Waals surface area contributed by atoms with Gasteiger partial charge in [-0.1, -0.05) is 35.9 Å². The van der Waals surface area contributed by atoms with Crippen molar-refractivity contribution >= 4 is 28.3 Å². The zero-order valence-electron chi connectivity index (χ0n) is 7.90. The van der Waals surface area contributed by atoms with E-state index in [9.17, 15) is 4.79 Å². The lowest BCUT2D eigenvalue weighted by Gasteiger charge is -2.01. The number of fused-ring (bicyclic) bond motifs is 1. The Labute approximate surface area is 92.1 Å². The number of carbonyl (C=O) groups is 1. The molecule has 76 valence electrons. The summed E-state index contributed by atoms with van der Waals surface area (Å²) >= 11 is 5.85. The summed E-state index contributed by atoms with van der Waals surface area (Å²) in [6.07, 6.45) is 0.0541. The first kappa shape index (κ1) is 9.99. The van der Waals surface area contributed by atoms with Gasteiger partial charge < -0.3 is 5.11 Å². The maximum atomic E-state index is 10.5. The molecule has 0 aliphatic rings. The number of benzene rings is 2. The first-order chi connectivity index (χ1) is 7.15. The standard InChI is InChI=1S/C12H9ClO2/c13-11-4-3-9-5-8(6-12(14)15)1-2-10(9)7-11/h1-5,7H,6H2,(H,14,15). The molecule has 0 fully saturated rings. The van der Waals surface area contributed by atoms with E-state index in [1.807, 2.05) is 30.3 Å². The highest BCUT2D eigenvalue weighted by molar-refractivity contribution is 6.31. The van der Waals surface area contributed by atoms with Crippen LogP contribution in [0.1, 0.15) is 5.56 Å². The van der Waals surface area contributed by atoms with Crippen LogP contribution in [0.5, 0.6) is 0 Å². The molecular weight excluding hydrogens is 212 g/mol. The lowest BCUT2D eigenvalue weighted by Crippen LogP contribution is -1.99. The zero-order valence-corrected chi connectivity index (χ0v) is 8.66. The molecule has 0 radical (unpaired) electrons. The van der Waals surface area contributed by atoms with Crippen LogP contribution in [0.4, 0.5) is 0 Å². The maximum Gasteiger partial charge on any atom is 0.307 e. The molecule has 0 amide bonds. The van der Waals surface area contributed by atoms with Crippen LogP contribution in [0.25, 0.3) is 10.8 Å². The largest absolute Gasteiger partial charge is 0.481 e. The Bertz CT molecular complexity index is 520. The number of hydrogen-bond donors (Lipinski definition) is 1. The summed E-state index contributed by atoms with van der Waals surface area (Å²) in [4.78, 5) is 10.5. The monoisotopic (exact) mass is 220 g/mol. The molecule has 2 aromatic carbocycles. The lowest BCUT2D eigenvalue weighted by molar-refractivity contribution is -0.136. The van der Waals surface area contributed by atoms with Gasteiger partial charge in [-0.15, -0.1) is 0 Å². The van der Waals surface area contributed by atoms with Gasteiger partial charge in [0.2, 0.25) is 0 Å². The van der Waals surface area contributed by atoms with Gasteiger partial charge in [-0.05, 0) is 28.5 Å². The van der Waals surface area contributed by atoms with Crippen LogP contribution in [0.2, 0.25) is 5.02 Å². The smallest absolute Gasteiger partial charge is 0.307 e. The van der Waals surface area contributed by atoms with Gasteiger partial charge in [0.25, 0.3) is 0 Å². The molecule has 0 saturated heterocycles. The van der Waals surface area contributed by atoms with Crippen molar-refractivity contribution < 1.29 is 9.90 Å². The summed E-state index contributed by atoms with van der Waals surface area (Å²) in [5, 5.41) is 11.4. The zero-order chi connectivity index (χ0) is 10.8. The van der Waals surface area contributed by atoms with Gasteiger partial charge in [-0.2, -0.15) is 0 Å². The van der Waals surface area contributed by atoms with E-state index in [0.717, 1.165) is 16.3 Å². The minimum absolute atomic E-state index is 0.0541. The predicted octanol–water partition coefficient (Wildman–Crippen LogP) is 3.12. The normalized spacial score (nSPS) is 10.5. The molecule has 0 spiro atoms. The van der Waals surface area contributed by atoms with Gasteiger partial charge >= 0.3 is 5.97 Å². The molecule has 0 atom stereocenters. The maximum absolute atomic E-state index is 10.5. The van der Waals surface area contributed by atoms with E-state index in [1.165, 1.54) is 0 Å². The van der Waals surface area contributed by atoms with Crippen molar-refractivity contribution in [2.75, 3.05) is 0 Å². The summed E-state index contributed by atoms with van der Waals surface area (Å²) in [6.45, 7) is 0. The van der Waals surface area contributed by atoms with Crippen molar-refractivity contribution in [2.24, 2.45) is 0 Å². The van der Waals surface area contributed by atoms with Crippen molar-refractivity contribution in [3.8, 4) is 0 Å². The molecule has 3 heteroatoms. The van der Waals surface area contributed by atoms with E-state index >= 15 is 0 Å². The number of aliphatic carboxylic acids is 1. The molecule has 0 bridgehead atoms. The van der Waals surface area contributed by atoms with Gasteiger partial charge in [-0.3, -0.25) is 4.79 Å². The second-order valence-corrected chi connectivity index (χ2v) is 3.83. The molecule has 0 aromatic heterocycles. The Kier molecular flexibility index (Phi) is 2.60. The van der Waals surface area contributed by atoms with Crippen molar-refractivity contribution in [3.05, 3.63) is 47.0 Å². The third kappa shape index (κ3) is 2.28. The SMILES string of the molecule is O=C(O)Cc1ccc2cc(Cl)ccc2c1. The molecule has 0 aliphatic heterocycles. The van der Waals surface area contributed by atoms with Crippen molar-refractivity contribution in [1.29, 1.82) is 0 Å². The molecule has 0 unspecified atom stereocenters. The summed E-state index contributed by atoms with van der Waals surface area (Å²) < 4.78 is 0. The highest BCUT2D eigenvalue weighted by Gasteiger charge is 2.01. The number of carboxylic acid groups (broad SMARTS) is 1. The molecule has 2 nitrogen and oxygen atoms in total. The fraction of sp³-hybridized carbons (Fsp3) is 0.0833. The van der Waals surface area contributed by atoms with Crippen LogP contribution in [0.3, 0.4) is 0 Å². The van der Waals surface area contributed by atoms with Crippen LogP contribution in [-0.4, -0.2) is 11.1 Å². The Hall–Kier alpha value is -1.54. The number of carboxylic acids is 1. The number of hydrogen-bond acceptors (Lipinski definition) is 1. The Morgan fingerprint density at radius 2 is 1.80 bits per heavy atom. The summed E-state index contributed by atoms with van der Waals surface area (Å²) in [7, 11) is 0. The lowest BCUT2D eigenvalue weighted by atomic mass is 10.1. The topological polar surface area (TPSA) is 37.3 Å². The fourth-order valence-electron chi connectivity index (χ4n) is 1.55. The summed E-state index contributed by atoms with van der Waals surface area (Å²) in [6, 6.07) is 11.1. The van der Waals surface area contributed by atoms with Crippen molar-refractivity contribution in [3.63, 3.8) is 0 Å². The Morgan fingerprint density at radius 1 is 1.13 bits per heavy atom. The molecule has 0 heterocycles. The summed E-state index contributed by atoms with van der Waals surface area (Å²) in [5.74, 6) is -0.816. The second-order valence-electron chi connectivity index (χ2n) is 3.40. The van der Waals surface area contributed by atoms with Crippen LogP contribution < -0.4 is 0 Å². The van der Waals surface area contributed by atoms with E-state index in [-0.39, 0.29) is 6.42 Å². The highest BCUT2D eigenvalue weighted by Crippen LogP contribution is 2.20. The minimum atomic E-state index is -0.816. The Balaban J connectivity index is 2.47. The highest BCUT2D eigenvalue weighted by atomic mass is 35.5. The predicted molar refractivity (Wildman–Crippen MR) is 60.3 cm³/mol. The van der Waals surface area contributed by atoms with Gasteiger partial charge in [0.1, 0.15) is 0 Å². The fourth-order valence-corrected chi connectivity index (χ4v) is 1.73. The molecule has 0 saturated carbocycles. The second kappa shape index (κ2) is 3.91. The molecule has 1 N–H and O–H groups in total. The average Bonchev–Trinajstić information content (AvgIpc) is 2.17. The van der Waals surface area contributed by atoms with Gasteiger partial charge in [-0.25, -0.2) is 0 Å². The van der Waals surface area contributed by atoms with Gasteiger partial charge in [0.05, 0.1) is 6.42 Å². The van der Waals surface area contributed by atoms with E-state index in [4.69, 9.17) is 16.7 Å². The number of rotatable bonds is 2. The molecule has 0 aliphatic carbocycles. The van der Waals surface area contributed by atoms with E-state index in [2.05, 4.69) is 0 Å². The first-order valence-electron chi connectivity index (χ1n) is 4.55. The molecule has 15 heavy (non-hydrogen) atoms. The van der Waals surface area contributed by atoms with E-state index in [0.29, 0.717) is 5.02 Å². The summed E-state index contributed by atoms with van der Waals surface area (Å²) in [5.41, 5.74) is 0.803. The molecule has 2 aromatic rings. The molecule has 2 rings (SSSR count). The third-order valence-electron chi connectivity index (χ3n) is 2.22. The van der Waals surface area contributed by atoms with E-state index < -0.39 is 5.97 Å². The van der Waals surface area contributed by atoms with Crippen LogP contribution in [-0.2, 0) is 11.2 Å². The van der Waals surface area contributed by atoms with Gasteiger partial charge in [0, 0.05) is 5.02 Å². The molecular formula is C12H9ClO2. The van der Waals surface area contributed by atoms with Crippen LogP contribution >= 0.6 is 11.6 Å². The first-order valence-corrected chi connectivity index (χ1v) is 4.93. The minimum Gasteiger partial charge on any atom is -0.481 e. The van der Waals surface area contributed by atoms with E-state index in [1.54, 1.807) is 6.07 Å².